The zero-order valence-electron chi connectivity index (χ0n) is 11.4. The summed E-state index contributed by atoms with van der Waals surface area (Å²) >= 11 is 0. The number of nitrogen functional groups attached to an aromatic ring is 1. The van der Waals surface area contributed by atoms with E-state index >= 15 is 0 Å². The number of nitrogens with one attached hydrogen (secondary N) is 3. The minimum absolute atomic E-state index is 0.207. The fourth-order valence-electron chi connectivity index (χ4n) is 2.21. The van der Waals surface area contributed by atoms with Crippen molar-refractivity contribution in [3.63, 3.8) is 0 Å². The zero-order chi connectivity index (χ0) is 14.9. The molecule has 0 saturated heterocycles. The Morgan fingerprint density at radius 3 is 2.86 bits per heavy atom. The summed E-state index contributed by atoms with van der Waals surface area (Å²) in [5.41, 5.74) is 8.93. The maximum absolute atomic E-state index is 5.58. The number of nitrogens with two attached hydrogens (primary N) is 1. The van der Waals surface area contributed by atoms with Crippen molar-refractivity contribution in [1.82, 2.24) is 30.1 Å². The van der Waals surface area contributed by atoms with Crippen molar-refractivity contribution in [2.75, 3.05) is 11.1 Å². The molecule has 3 heterocycles. The number of hydrogen-bond donors (Lipinski definition) is 4. The number of aromatic nitrogens is 6. The molecule has 22 heavy (non-hydrogen) atoms. The summed E-state index contributed by atoms with van der Waals surface area (Å²) < 4.78 is 0. The van der Waals surface area contributed by atoms with E-state index in [0.717, 1.165) is 22.4 Å². The highest BCUT2D eigenvalue weighted by Gasteiger charge is 2.12. The summed E-state index contributed by atoms with van der Waals surface area (Å²) in [7, 11) is 0. The van der Waals surface area contributed by atoms with Gasteiger partial charge in [-0.15, -0.1) is 0 Å². The summed E-state index contributed by atoms with van der Waals surface area (Å²) in [6.45, 7) is 0. The highest BCUT2D eigenvalue weighted by molar-refractivity contribution is 5.82. The first-order valence-electron chi connectivity index (χ1n) is 6.63. The second-order valence-corrected chi connectivity index (χ2v) is 4.69. The van der Waals surface area contributed by atoms with Crippen LogP contribution in [0.1, 0.15) is 0 Å². The van der Waals surface area contributed by atoms with Crippen molar-refractivity contribution in [3.8, 4) is 11.5 Å². The van der Waals surface area contributed by atoms with Crippen LogP contribution in [0.15, 0.2) is 42.7 Å². The molecule has 1 aromatic carbocycles. The largest absolute Gasteiger partial charge is 0.368 e. The third kappa shape index (κ3) is 2.12. The maximum atomic E-state index is 5.58. The number of hydrogen-bond acceptors (Lipinski definition) is 6. The molecule has 0 amide bonds. The Bertz CT molecular complexity index is 906. The molecule has 8 nitrogen and oxygen atoms in total. The molecule has 0 aliphatic heterocycles. The lowest BCUT2D eigenvalue weighted by Gasteiger charge is -2.04. The number of imidazole rings is 1. The fraction of sp³-hybridized carbons (Fsp3) is 0. The minimum Gasteiger partial charge on any atom is -0.368 e. The molecule has 0 atom stereocenters. The predicted octanol–water partition coefficient (Wildman–Crippen LogP) is 2.07. The van der Waals surface area contributed by atoms with Crippen LogP contribution in [0.2, 0.25) is 0 Å². The zero-order valence-corrected chi connectivity index (χ0v) is 11.4. The van der Waals surface area contributed by atoms with E-state index in [1.165, 1.54) is 0 Å². The van der Waals surface area contributed by atoms with E-state index in [4.69, 9.17) is 5.73 Å². The second kappa shape index (κ2) is 4.85. The van der Waals surface area contributed by atoms with Crippen LogP contribution in [0, 0.1) is 0 Å². The van der Waals surface area contributed by atoms with Gasteiger partial charge in [-0.25, -0.2) is 9.97 Å². The van der Waals surface area contributed by atoms with Crippen LogP contribution in [0.25, 0.3) is 22.6 Å². The summed E-state index contributed by atoms with van der Waals surface area (Å²) in [6.07, 6.45) is 3.26. The predicted molar refractivity (Wildman–Crippen MR) is 83.4 cm³/mol. The minimum atomic E-state index is 0.207. The smallest absolute Gasteiger partial charge is 0.221 e. The number of para-hydroxylation sites is 2. The lowest BCUT2D eigenvalue weighted by Crippen LogP contribution is -1.99. The monoisotopic (exact) mass is 292 g/mol. The van der Waals surface area contributed by atoms with Gasteiger partial charge in [-0.2, -0.15) is 10.1 Å². The van der Waals surface area contributed by atoms with Crippen LogP contribution in [-0.2, 0) is 0 Å². The van der Waals surface area contributed by atoms with Crippen LogP contribution < -0.4 is 11.1 Å². The normalized spacial score (nSPS) is 10.9. The molecule has 3 aromatic heterocycles. The first kappa shape index (κ1) is 12.3. The number of rotatable bonds is 3. The van der Waals surface area contributed by atoms with Crippen molar-refractivity contribution in [3.05, 3.63) is 42.7 Å². The molecule has 108 valence electrons. The van der Waals surface area contributed by atoms with Gasteiger partial charge in [0.2, 0.25) is 5.95 Å². The molecular weight excluding hydrogens is 280 g/mol. The van der Waals surface area contributed by atoms with Gasteiger partial charge in [-0.1, -0.05) is 12.1 Å². The third-order valence-corrected chi connectivity index (χ3v) is 3.20. The highest BCUT2D eigenvalue weighted by Crippen LogP contribution is 2.27. The molecular formula is C14H12N8. The van der Waals surface area contributed by atoms with Crippen molar-refractivity contribution in [1.29, 1.82) is 0 Å². The van der Waals surface area contributed by atoms with E-state index in [-0.39, 0.29) is 5.95 Å². The van der Waals surface area contributed by atoms with E-state index in [1.54, 1.807) is 18.5 Å². The van der Waals surface area contributed by atoms with Crippen molar-refractivity contribution in [2.24, 2.45) is 0 Å². The van der Waals surface area contributed by atoms with Crippen molar-refractivity contribution in [2.45, 2.75) is 0 Å². The molecule has 0 bridgehead atoms. The van der Waals surface area contributed by atoms with Crippen molar-refractivity contribution >= 4 is 28.5 Å². The van der Waals surface area contributed by atoms with Gasteiger partial charge in [0.25, 0.3) is 0 Å². The van der Waals surface area contributed by atoms with E-state index < -0.39 is 0 Å². The Morgan fingerprint density at radius 1 is 1.09 bits per heavy atom. The Balaban J connectivity index is 1.73. The topological polar surface area (TPSA) is 121 Å². The van der Waals surface area contributed by atoms with Crippen LogP contribution >= 0.6 is 0 Å². The molecule has 0 aliphatic carbocycles. The number of H-pyrrole nitrogens is 2. The van der Waals surface area contributed by atoms with E-state index in [2.05, 4.69) is 35.5 Å². The molecule has 0 fully saturated rings. The third-order valence-electron chi connectivity index (χ3n) is 3.20. The first-order chi connectivity index (χ1) is 10.8. The number of fused-ring (bicyclic) bond motifs is 1. The van der Waals surface area contributed by atoms with Gasteiger partial charge in [0.05, 0.1) is 22.9 Å². The van der Waals surface area contributed by atoms with Crippen LogP contribution in [0.5, 0.6) is 0 Å². The van der Waals surface area contributed by atoms with Gasteiger partial charge in [0.1, 0.15) is 11.5 Å². The molecule has 0 aliphatic rings. The number of aromatic amines is 2. The van der Waals surface area contributed by atoms with Gasteiger partial charge in [0, 0.05) is 6.20 Å². The molecule has 4 rings (SSSR count). The van der Waals surface area contributed by atoms with Gasteiger partial charge in [-0.3, -0.25) is 5.10 Å². The molecule has 4 aromatic rings. The average molecular weight is 292 g/mol. The van der Waals surface area contributed by atoms with Gasteiger partial charge < -0.3 is 16.0 Å². The quantitative estimate of drug-likeness (QED) is 0.458. The molecule has 0 radical (unpaired) electrons. The van der Waals surface area contributed by atoms with E-state index in [9.17, 15) is 0 Å². The van der Waals surface area contributed by atoms with Crippen molar-refractivity contribution < 1.29 is 0 Å². The molecule has 8 heteroatoms. The standard InChI is InChI=1S/C14H12N8/c15-14-16-6-5-11(21-14)18-10-7-17-22-12(10)13-19-8-3-1-2-4-9(8)20-13/h1-7H,(H,17,22)(H,19,20)(H3,15,16,18,21). The van der Waals surface area contributed by atoms with Gasteiger partial charge in [-0.05, 0) is 18.2 Å². The Labute approximate surface area is 124 Å². The average Bonchev–Trinajstić information content (AvgIpc) is 3.13. The van der Waals surface area contributed by atoms with Crippen LogP contribution in [0.4, 0.5) is 17.5 Å². The molecule has 0 spiro atoms. The number of benzene rings is 1. The van der Waals surface area contributed by atoms with Crippen LogP contribution in [-0.4, -0.2) is 30.1 Å². The summed E-state index contributed by atoms with van der Waals surface area (Å²) in [6, 6.07) is 9.55. The Hall–Kier alpha value is -3.42. The Kier molecular flexibility index (Phi) is 2.72. The fourth-order valence-corrected chi connectivity index (χ4v) is 2.21. The lowest BCUT2D eigenvalue weighted by atomic mass is 10.3. The first-order valence-corrected chi connectivity index (χ1v) is 6.63. The highest BCUT2D eigenvalue weighted by atomic mass is 15.2. The number of nitrogens with zero attached hydrogens (tertiary/aromatic N) is 4. The summed E-state index contributed by atoms with van der Waals surface area (Å²) in [4.78, 5) is 15.8. The molecule has 0 unspecified atom stereocenters. The molecule has 5 N–H and O–H groups in total. The maximum Gasteiger partial charge on any atom is 0.221 e. The summed E-state index contributed by atoms with van der Waals surface area (Å²) in [5.74, 6) is 1.49. The van der Waals surface area contributed by atoms with Crippen LogP contribution in [0.3, 0.4) is 0 Å². The number of anilines is 3. The SMILES string of the molecule is Nc1nccc(Nc2cn[nH]c2-c2nc3ccccc3[nH]2)n1. The molecule has 0 saturated carbocycles. The Morgan fingerprint density at radius 2 is 2.00 bits per heavy atom. The van der Waals surface area contributed by atoms with Gasteiger partial charge in [0.15, 0.2) is 5.82 Å². The summed E-state index contributed by atoms with van der Waals surface area (Å²) in [5, 5.41) is 10.2. The van der Waals surface area contributed by atoms with E-state index in [1.807, 2.05) is 24.3 Å². The van der Waals surface area contributed by atoms with Gasteiger partial charge >= 0.3 is 0 Å². The van der Waals surface area contributed by atoms with E-state index in [0.29, 0.717) is 11.6 Å². The second-order valence-electron chi connectivity index (χ2n) is 4.69. The lowest BCUT2D eigenvalue weighted by molar-refractivity contribution is 1.08.